The van der Waals surface area contributed by atoms with E-state index in [2.05, 4.69) is 56.8 Å². The summed E-state index contributed by atoms with van der Waals surface area (Å²) in [4.78, 5) is 15.4. The Labute approximate surface area is 182 Å². The topological polar surface area (TPSA) is 73.1 Å². The lowest BCUT2D eigenvalue weighted by Gasteiger charge is -2.19. The lowest BCUT2D eigenvalue weighted by Crippen LogP contribution is -2.10. The fourth-order valence-electron chi connectivity index (χ4n) is 3.24. The SMILES string of the molecule is C=CCn1cc(C=NOCC(=O)O)c2cc(OCc3ccc(C(C)(C)C)cc3)ccc21. The van der Waals surface area contributed by atoms with Crippen LogP contribution in [-0.2, 0) is 28.2 Å². The minimum absolute atomic E-state index is 0.120. The van der Waals surface area contributed by atoms with E-state index < -0.39 is 12.6 Å². The molecule has 3 rings (SSSR count). The van der Waals surface area contributed by atoms with Gasteiger partial charge >= 0.3 is 5.97 Å². The number of aliphatic carboxylic acids is 1. The standard InChI is InChI=1S/C25H28N2O4/c1-5-12-27-15-19(14-26-31-17-24(28)29)22-13-21(10-11-23(22)27)30-16-18-6-8-20(9-7-18)25(2,3)4/h5-11,13-15H,1,12,16-17H2,2-4H3,(H,28,29). The van der Waals surface area contributed by atoms with Crippen LogP contribution in [0.1, 0.15) is 37.5 Å². The minimum atomic E-state index is -1.07. The molecule has 6 nitrogen and oxygen atoms in total. The van der Waals surface area contributed by atoms with Crippen molar-refractivity contribution >= 4 is 23.1 Å². The fourth-order valence-corrected chi connectivity index (χ4v) is 3.24. The van der Waals surface area contributed by atoms with Gasteiger partial charge < -0.3 is 19.2 Å². The summed E-state index contributed by atoms with van der Waals surface area (Å²) >= 11 is 0. The Morgan fingerprint density at radius 3 is 2.58 bits per heavy atom. The minimum Gasteiger partial charge on any atom is -0.489 e. The molecule has 0 spiro atoms. The number of carboxylic acid groups (broad SMARTS) is 1. The molecule has 0 fully saturated rings. The molecule has 1 heterocycles. The van der Waals surface area contributed by atoms with E-state index in [1.54, 1.807) is 0 Å². The number of ether oxygens (including phenoxy) is 1. The van der Waals surface area contributed by atoms with Crippen LogP contribution in [0.5, 0.6) is 5.75 Å². The van der Waals surface area contributed by atoms with E-state index in [1.807, 2.05) is 35.0 Å². The Morgan fingerprint density at radius 2 is 1.94 bits per heavy atom. The molecule has 0 bridgehead atoms. The van der Waals surface area contributed by atoms with E-state index in [4.69, 9.17) is 14.7 Å². The molecule has 6 heteroatoms. The highest BCUT2D eigenvalue weighted by molar-refractivity contribution is 6.00. The Hall–Kier alpha value is -3.54. The third kappa shape index (κ3) is 5.75. The first-order chi connectivity index (χ1) is 14.8. The maximum atomic E-state index is 10.6. The zero-order chi connectivity index (χ0) is 22.4. The van der Waals surface area contributed by atoms with Crippen molar-refractivity contribution in [2.75, 3.05) is 6.61 Å². The van der Waals surface area contributed by atoms with Crippen LogP contribution in [-0.4, -0.2) is 28.5 Å². The number of hydrogen-bond donors (Lipinski definition) is 1. The lowest BCUT2D eigenvalue weighted by atomic mass is 9.87. The van der Waals surface area contributed by atoms with Gasteiger partial charge in [0.05, 0.1) is 6.21 Å². The highest BCUT2D eigenvalue weighted by Gasteiger charge is 2.13. The molecule has 2 aromatic carbocycles. The molecule has 1 N–H and O–H groups in total. The molecule has 0 saturated carbocycles. The van der Waals surface area contributed by atoms with E-state index >= 15 is 0 Å². The number of fused-ring (bicyclic) bond motifs is 1. The van der Waals surface area contributed by atoms with E-state index in [-0.39, 0.29) is 5.41 Å². The maximum absolute atomic E-state index is 10.6. The van der Waals surface area contributed by atoms with Crippen LogP contribution in [0.4, 0.5) is 0 Å². The summed E-state index contributed by atoms with van der Waals surface area (Å²) in [5.41, 5.74) is 4.31. The molecule has 31 heavy (non-hydrogen) atoms. The number of aromatic nitrogens is 1. The molecular formula is C25H28N2O4. The molecule has 162 valence electrons. The molecule has 0 aliphatic carbocycles. The summed E-state index contributed by atoms with van der Waals surface area (Å²) in [7, 11) is 0. The maximum Gasteiger partial charge on any atom is 0.344 e. The predicted molar refractivity (Wildman–Crippen MR) is 123 cm³/mol. The summed E-state index contributed by atoms with van der Waals surface area (Å²) in [5.74, 6) is -0.331. The quantitative estimate of drug-likeness (QED) is 0.296. The van der Waals surface area contributed by atoms with Crippen molar-refractivity contribution in [3.05, 3.63) is 78.0 Å². The van der Waals surface area contributed by atoms with Crippen LogP contribution in [0.2, 0.25) is 0 Å². The first-order valence-corrected chi connectivity index (χ1v) is 10.1. The van der Waals surface area contributed by atoms with Gasteiger partial charge in [0.15, 0.2) is 0 Å². The van der Waals surface area contributed by atoms with Crippen molar-refractivity contribution in [2.45, 2.75) is 39.3 Å². The van der Waals surface area contributed by atoms with Gasteiger partial charge in [0, 0.05) is 29.2 Å². The summed E-state index contributed by atoms with van der Waals surface area (Å²) < 4.78 is 8.06. The second-order valence-corrected chi connectivity index (χ2v) is 8.34. The number of carboxylic acids is 1. The van der Waals surface area contributed by atoms with Crippen LogP contribution < -0.4 is 4.74 Å². The van der Waals surface area contributed by atoms with Gasteiger partial charge in [0.2, 0.25) is 6.61 Å². The van der Waals surface area contributed by atoms with Gasteiger partial charge in [0.25, 0.3) is 0 Å². The van der Waals surface area contributed by atoms with Gasteiger partial charge in [0.1, 0.15) is 12.4 Å². The third-order valence-electron chi connectivity index (χ3n) is 4.89. The Balaban J connectivity index is 1.79. The first-order valence-electron chi connectivity index (χ1n) is 10.1. The summed E-state index contributed by atoms with van der Waals surface area (Å²) in [5, 5.41) is 13.4. The van der Waals surface area contributed by atoms with Crippen molar-refractivity contribution in [1.82, 2.24) is 4.57 Å². The van der Waals surface area contributed by atoms with Crippen LogP contribution in [0, 0.1) is 0 Å². The molecule has 1 aromatic heterocycles. The second kappa shape index (κ2) is 9.51. The van der Waals surface area contributed by atoms with Crippen molar-refractivity contribution < 1.29 is 19.5 Å². The number of hydrogen-bond acceptors (Lipinski definition) is 4. The zero-order valence-corrected chi connectivity index (χ0v) is 18.2. The summed E-state index contributed by atoms with van der Waals surface area (Å²) in [6, 6.07) is 14.4. The number of allylic oxidation sites excluding steroid dienone is 1. The first kappa shape index (κ1) is 22.2. The number of nitrogens with zero attached hydrogens (tertiary/aromatic N) is 2. The van der Waals surface area contributed by atoms with Crippen molar-refractivity contribution in [3.8, 4) is 5.75 Å². The van der Waals surface area contributed by atoms with Crippen molar-refractivity contribution in [2.24, 2.45) is 5.16 Å². The van der Waals surface area contributed by atoms with E-state index in [0.29, 0.717) is 13.2 Å². The summed E-state index contributed by atoms with van der Waals surface area (Å²) in [6.07, 6.45) is 5.25. The monoisotopic (exact) mass is 420 g/mol. The molecule has 0 atom stereocenters. The van der Waals surface area contributed by atoms with Crippen LogP contribution >= 0.6 is 0 Å². The highest BCUT2D eigenvalue weighted by atomic mass is 16.6. The number of oxime groups is 1. The molecule has 0 aliphatic rings. The van der Waals surface area contributed by atoms with Gasteiger partial charge in [-0.25, -0.2) is 4.79 Å². The van der Waals surface area contributed by atoms with Gasteiger partial charge in [-0.1, -0.05) is 56.3 Å². The molecule has 0 radical (unpaired) electrons. The van der Waals surface area contributed by atoms with E-state index in [0.717, 1.165) is 27.8 Å². The summed E-state index contributed by atoms with van der Waals surface area (Å²) in [6.45, 7) is 11.0. The average molecular weight is 421 g/mol. The van der Waals surface area contributed by atoms with Gasteiger partial charge in [-0.05, 0) is 34.7 Å². The largest absolute Gasteiger partial charge is 0.489 e. The molecule has 0 amide bonds. The normalized spacial score (nSPS) is 11.7. The van der Waals surface area contributed by atoms with Crippen LogP contribution in [0.25, 0.3) is 10.9 Å². The molecule has 3 aromatic rings. The number of benzene rings is 2. The van der Waals surface area contributed by atoms with Gasteiger partial charge in [-0.15, -0.1) is 6.58 Å². The molecule has 0 saturated heterocycles. The smallest absolute Gasteiger partial charge is 0.344 e. The lowest BCUT2D eigenvalue weighted by molar-refractivity contribution is -0.142. The van der Waals surface area contributed by atoms with E-state index in [1.165, 1.54) is 11.8 Å². The Bertz CT molecular complexity index is 1090. The molecule has 0 aliphatic heterocycles. The van der Waals surface area contributed by atoms with E-state index in [9.17, 15) is 4.79 Å². The van der Waals surface area contributed by atoms with Crippen LogP contribution in [0.15, 0.2) is 66.5 Å². The van der Waals surface area contributed by atoms with Crippen molar-refractivity contribution in [3.63, 3.8) is 0 Å². The predicted octanol–water partition coefficient (Wildman–Crippen LogP) is 5.14. The highest BCUT2D eigenvalue weighted by Crippen LogP contribution is 2.27. The average Bonchev–Trinajstić information content (AvgIpc) is 3.06. The zero-order valence-electron chi connectivity index (χ0n) is 18.2. The van der Waals surface area contributed by atoms with Gasteiger partial charge in [-0.3, -0.25) is 0 Å². The third-order valence-corrected chi connectivity index (χ3v) is 4.89. The van der Waals surface area contributed by atoms with Crippen molar-refractivity contribution in [1.29, 1.82) is 0 Å². The Kier molecular flexibility index (Phi) is 6.80. The number of rotatable bonds is 9. The second-order valence-electron chi connectivity index (χ2n) is 8.34. The Morgan fingerprint density at radius 1 is 1.19 bits per heavy atom. The molecular weight excluding hydrogens is 392 g/mol. The van der Waals surface area contributed by atoms with Gasteiger partial charge in [-0.2, -0.15) is 0 Å². The molecule has 0 unspecified atom stereocenters. The van der Waals surface area contributed by atoms with Crippen LogP contribution in [0.3, 0.4) is 0 Å². The number of carbonyl (C=O) groups is 1. The fraction of sp³-hybridized carbons (Fsp3) is 0.280.